The fourth-order valence-electron chi connectivity index (χ4n) is 2.88. The Labute approximate surface area is 109 Å². The van der Waals surface area contributed by atoms with Crippen LogP contribution in [0, 0.1) is 5.41 Å². The highest BCUT2D eigenvalue weighted by atomic mass is 16.3. The van der Waals surface area contributed by atoms with Gasteiger partial charge in [0.15, 0.2) is 0 Å². The molecule has 0 atom stereocenters. The molecule has 0 aliphatic heterocycles. The van der Waals surface area contributed by atoms with Crippen molar-refractivity contribution in [3.05, 3.63) is 18.0 Å². The molecule has 1 aromatic rings. The first kappa shape index (κ1) is 13.6. The van der Waals surface area contributed by atoms with Gasteiger partial charge < -0.3 is 10.4 Å². The molecule has 1 aliphatic carbocycles. The summed E-state index contributed by atoms with van der Waals surface area (Å²) in [5, 5.41) is 17.3. The monoisotopic (exact) mass is 251 g/mol. The Morgan fingerprint density at radius 1 is 1.39 bits per heavy atom. The first-order chi connectivity index (χ1) is 8.74. The SMILES string of the molecule is Cn1cc(CCNCC2(CO)CCCCC2)cn1. The molecule has 4 heteroatoms. The first-order valence-electron chi connectivity index (χ1n) is 7.03. The third kappa shape index (κ3) is 3.56. The molecule has 4 nitrogen and oxygen atoms in total. The van der Waals surface area contributed by atoms with Crippen molar-refractivity contribution < 1.29 is 5.11 Å². The summed E-state index contributed by atoms with van der Waals surface area (Å²) in [6.45, 7) is 2.24. The number of aromatic nitrogens is 2. The molecule has 0 unspecified atom stereocenters. The normalized spacial score (nSPS) is 19.0. The molecule has 18 heavy (non-hydrogen) atoms. The Morgan fingerprint density at radius 3 is 2.78 bits per heavy atom. The molecule has 2 N–H and O–H groups in total. The van der Waals surface area contributed by atoms with Gasteiger partial charge in [0, 0.05) is 31.8 Å². The highest BCUT2D eigenvalue weighted by molar-refractivity contribution is 5.03. The number of aliphatic hydroxyl groups excluding tert-OH is 1. The fourth-order valence-corrected chi connectivity index (χ4v) is 2.88. The molecular weight excluding hydrogens is 226 g/mol. The topological polar surface area (TPSA) is 50.1 Å². The lowest BCUT2D eigenvalue weighted by Gasteiger charge is -2.35. The van der Waals surface area contributed by atoms with Gasteiger partial charge in [-0.1, -0.05) is 19.3 Å². The van der Waals surface area contributed by atoms with Gasteiger partial charge in [-0.2, -0.15) is 5.10 Å². The van der Waals surface area contributed by atoms with E-state index in [-0.39, 0.29) is 5.41 Å². The summed E-state index contributed by atoms with van der Waals surface area (Å²) in [6, 6.07) is 0. The van der Waals surface area contributed by atoms with Crippen molar-refractivity contribution in [1.29, 1.82) is 0 Å². The molecule has 1 aromatic heterocycles. The highest BCUT2D eigenvalue weighted by Crippen LogP contribution is 2.35. The summed E-state index contributed by atoms with van der Waals surface area (Å²) in [4.78, 5) is 0. The average molecular weight is 251 g/mol. The van der Waals surface area contributed by atoms with Gasteiger partial charge in [-0.3, -0.25) is 4.68 Å². The van der Waals surface area contributed by atoms with Crippen molar-refractivity contribution >= 4 is 0 Å². The molecule has 0 saturated heterocycles. The third-order valence-corrected chi connectivity index (χ3v) is 4.10. The summed E-state index contributed by atoms with van der Waals surface area (Å²) in [5.41, 5.74) is 1.42. The average Bonchev–Trinajstić information content (AvgIpc) is 2.82. The second-order valence-electron chi connectivity index (χ2n) is 5.67. The van der Waals surface area contributed by atoms with Crippen LogP contribution in [0.1, 0.15) is 37.7 Å². The van der Waals surface area contributed by atoms with Crippen LogP contribution in [-0.2, 0) is 13.5 Å². The number of nitrogens with one attached hydrogen (secondary N) is 1. The van der Waals surface area contributed by atoms with Gasteiger partial charge >= 0.3 is 0 Å². The minimum atomic E-state index is 0.146. The van der Waals surface area contributed by atoms with Crippen LogP contribution in [-0.4, -0.2) is 34.6 Å². The number of rotatable bonds is 6. The molecule has 1 saturated carbocycles. The molecule has 2 rings (SSSR count). The van der Waals surface area contributed by atoms with Crippen LogP contribution in [0.2, 0.25) is 0 Å². The van der Waals surface area contributed by atoms with Gasteiger partial charge in [0.1, 0.15) is 0 Å². The van der Waals surface area contributed by atoms with Gasteiger partial charge in [0.05, 0.1) is 6.20 Å². The zero-order chi connectivity index (χ0) is 12.8. The van der Waals surface area contributed by atoms with Gasteiger partial charge in [-0.15, -0.1) is 0 Å². The van der Waals surface area contributed by atoms with Gasteiger partial charge in [0.2, 0.25) is 0 Å². The van der Waals surface area contributed by atoms with Gasteiger partial charge in [-0.25, -0.2) is 0 Å². The second-order valence-corrected chi connectivity index (χ2v) is 5.67. The van der Waals surface area contributed by atoms with Crippen LogP contribution in [0.25, 0.3) is 0 Å². The van der Waals surface area contributed by atoms with E-state index in [4.69, 9.17) is 0 Å². The molecule has 0 spiro atoms. The zero-order valence-corrected chi connectivity index (χ0v) is 11.4. The Balaban J connectivity index is 1.70. The summed E-state index contributed by atoms with van der Waals surface area (Å²) in [5.74, 6) is 0. The summed E-state index contributed by atoms with van der Waals surface area (Å²) >= 11 is 0. The molecule has 0 bridgehead atoms. The van der Waals surface area contributed by atoms with E-state index in [0.717, 1.165) is 19.5 Å². The summed E-state index contributed by atoms with van der Waals surface area (Å²) < 4.78 is 1.84. The number of hydrogen-bond acceptors (Lipinski definition) is 3. The second kappa shape index (κ2) is 6.34. The van der Waals surface area contributed by atoms with E-state index in [0.29, 0.717) is 6.61 Å². The van der Waals surface area contributed by atoms with Crippen LogP contribution in [0.5, 0.6) is 0 Å². The molecule has 102 valence electrons. The molecule has 1 fully saturated rings. The van der Waals surface area contributed by atoms with E-state index in [1.807, 2.05) is 17.9 Å². The lowest BCUT2D eigenvalue weighted by molar-refractivity contribution is 0.0816. The van der Waals surface area contributed by atoms with Crippen molar-refractivity contribution in [3.63, 3.8) is 0 Å². The van der Waals surface area contributed by atoms with Gasteiger partial charge in [-0.05, 0) is 31.4 Å². The van der Waals surface area contributed by atoms with E-state index in [9.17, 15) is 5.11 Å². The van der Waals surface area contributed by atoms with Crippen molar-refractivity contribution in [2.45, 2.75) is 38.5 Å². The predicted octanol–water partition coefficient (Wildman–Crippen LogP) is 1.49. The van der Waals surface area contributed by atoms with Crippen molar-refractivity contribution in [3.8, 4) is 0 Å². The van der Waals surface area contributed by atoms with Crippen molar-refractivity contribution in [2.75, 3.05) is 19.7 Å². The summed E-state index contributed by atoms with van der Waals surface area (Å²) in [7, 11) is 1.94. The largest absolute Gasteiger partial charge is 0.396 e. The smallest absolute Gasteiger partial charge is 0.0522 e. The Morgan fingerprint density at radius 2 is 2.17 bits per heavy atom. The Hall–Kier alpha value is -0.870. The van der Waals surface area contributed by atoms with Crippen LogP contribution in [0.4, 0.5) is 0 Å². The molecular formula is C14H25N3O. The Bertz CT molecular complexity index is 356. The van der Waals surface area contributed by atoms with E-state index in [1.54, 1.807) is 0 Å². The van der Waals surface area contributed by atoms with E-state index in [1.165, 1.54) is 37.7 Å². The maximum Gasteiger partial charge on any atom is 0.0522 e. The van der Waals surface area contributed by atoms with Crippen molar-refractivity contribution in [2.24, 2.45) is 12.5 Å². The lowest BCUT2D eigenvalue weighted by atomic mass is 9.74. The van der Waals surface area contributed by atoms with E-state index >= 15 is 0 Å². The highest BCUT2D eigenvalue weighted by Gasteiger charge is 2.30. The molecule has 0 radical (unpaired) electrons. The van der Waals surface area contributed by atoms with E-state index in [2.05, 4.69) is 16.6 Å². The molecule has 0 aromatic carbocycles. The minimum Gasteiger partial charge on any atom is -0.396 e. The predicted molar refractivity (Wildman–Crippen MR) is 72.4 cm³/mol. The third-order valence-electron chi connectivity index (χ3n) is 4.10. The summed E-state index contributed by atoms with van der Waals surface area (Å²) in [6.07, 6.45) is 11.2. The maximum atomic E-state index is 9.61. The maximum absolute atomic E-state index is 9.61. The number of aryl methyl sites for hydroxylation is 1. The van der Waals surface area contributed by atoms with Crippen molar-refractivity contribution in [1.82, 2.24) is 15.1 Å². The fraction of sp³-hybridized carbons (Fsp3) is 0.786. The standard InChI is InChI=1S/C14H25N3O/c1-17-10-13(9-16-17)5-8-15-11-14(12-18)6-3-2-4-7-14/h9-10,15,18H,2-8,11-12H2,1H3. The minimum absolute atomic E-state index is 0.146. The van der Waals surface area contributed by atoms with Crippen LogP contribution in [0.3, 0.4) is 0 Å². The van der Waals surface area contributed by atoms with Crippen LogP contribution in [0.15, 0.2) is 12.4 Å². The lowest BCUT2D eigenvalue weighted by Crippen LogP contribution is -2.39. The van der Waals surface area contributed by atoms with Gasteiger partial charge in [0.25, 0.3) is 0 Å². The first-order valence-corrected chi connectivity index (χ1v) is 7.03. The van der Waals surface area contributed by atoms with E-state index < -0.39 is 0 Å². The molecule has 1 aliphatic rings. The number of nitrogens with zero attached hydrogens (tertiary/aromatic N) is 2. The number of aliphatic hydroxyl groups is 1. The Kier molecular flexibility index (Phi) is 4.78. The number of hydrogen-bond donors (Lipinski definition) is 2. The van der Waals surface area contributed by atoms with Crippen LogP contribution >= 0.6 is 0 Å². The molecule has 1 heterocycles. The molecule has 0 amide bonds. The zero-order valence-electron chi connectivity index (χ0n) is 11.4. The quantitative estimate of drug-likeness (QED) is 0.753. The van der Waals surface area contributed by atoms with Crippen LogP contribution < -0.4 is 5.32 Å².